The van der Waals surface area contributed by atoms with Crippen molar-refractivity contribution >= 4 is 34.4 Å². The topological polar surface area (TPSA) is 81.0 Å². The maximum Gasteiger partial charge on any atom is 0.233 e. The molecule has 2 amide bonds. The Morgan fingerprint density at radius 1 is 1.19 bits per heavy atom. The zero-order chi connectivity index (χ0) is 15.3. The molecule has 0 aliphatic carbocycles. The first-order chi connectivity index (χ1) is 9.90. The molecule has 8 heteroatoms. The summed E-state index contributed by atoms with van der Waals surface area (Å²) in [6, 6.07) is 0. The van der Waals surface area contributed by atoms with Crippen LogP contribution in [0.3, 0.4) is 0 Å². The first-order valence-electron chi connectivity index (χ1n) is 6.59. The van der Waals surface area contributed by atoms with Gasteiger partial charge in [0.05, 0.1) is 18.1 Å². The Hall–Kier alpha value is -2.02. The number of fused-ring (bicyclic) bond motifs is 1. The second-order valence-corrected chi connectivity index (χ2v) is 5.63. The molecule has 0 N–H and O–H groups in total. The maximum atomic E-state index is 12.1. The standard InChI is InChI=1S/C13H14ClN5O2/c1-6-7(2)13(21)19(12(6)20)5-9-16-10(14)8-4-15-18(3)11(8)17-9/h4,6-7H,5H2,1-3H3. The number of imide groups is 1. The zero-order valence-electron chi connectivity index (χ0n) is 11.9. The molecule has 1 saturated heterocycles. The highest BCUT2D eigenvalue weighted by Gasteiger charge is 2.42. The monoisotopic (exact) mass is 307 g/mol. The number of rotatable bonds is 2. The van der Waals surface area contributed by atoms with Crippen molar-refractivity contribution in [2.45, 2.75) is 20.4 Å². The van der Waals surface area contributed by atoms with Crippen molar-refractivity contribution in [3.05, 3.63) is 17.2 Å². The van der Waals surface area contributed by atoms with E-state index in [1.807, 2.05) is 0 Å². The highest BCUT2D eigenvalue weighted by molar-refractivity contribution is 6.33. The number of carbonyl (C=O) groups is 2. The summed E-state index contributed by atoms with van der Waals surface area (Å²) in [5.41, 5.74) is 0.574. The summed E-state index contributed by atoms with van der Waals surface area (Å²) < 4.78 is 1.57. The molecule has 2 aromatic rings. The summed E-state index contributed by atoms with van der Waals surface area (Å²) >= 11 is 6.10. The molecule has 1 aliphatic rings. The molecular weight excluding hydrogens is 294 g/mol. The molecule has 7 nitrogen and oxygen atoms in total. The van der Waals surface area contributed by atoms with Crippen LogP contribution in [0.5, 0.6) is 0 Å². The predicted octanol–water partition coefficient (Wildman–Crippen LogP) is 1.16. The second kappa shape index (κ2) is 4.77. The Labute approximate surface area is 125 Å². The van der Waals surface area contributed by atoms with Gasteiger partial charge >= 0.3 is 0 Å². The summed E-state index contributed by atoms with van der Waals surface area (Å²) in [5, 5.41) is 4.98. The van der Waals surface area contributed by atoms with Gasteiger partial charge < -0.3 is 0 Å². The van der Waals surface area contributed by atoms with Crippen LogP contribution in [0.2, 0.25) is 5.15 Å². The lowest BCUT2D eigenvalue weighted by molar-refractivity contribution is -0.140. The van der Waals surface area contributed by atoms with E-state index in [0.717, 1.165) is 0 Å². The molecule has 3 rings (SSSR count). The summed E-state index contributed by atoms with van der Waals surface area (Å²) in [6.45, 7) is 3.54. The Morgan fingerprint density at radius 2 is 1.81 bits per heavy atom. The number of aryl methyl sites for hydroxylation is 1. The molecule has 0 aromatic carbocycles. The van der Waals surface area contributed by atoms with Gasteiger partial charge in [0.2, 0.25) is 11.8 Å². The maximum absolute atomic E-state index is 12.1. The van der Waals surface area contributed by atoms with E-state index in [4.69, 9.17) is 11.6 Å². The minimum absolute atomic E-state index is 0.0349. The number of hydrogen-bond acceptors (Lipinski definition) is 5. The number of halogens is 1. The fourth-order valence-electron chi connectivity index (χ4n) is 2.43. The molecule has 3 heterocycles. The van der Waals surface area contributed by atoms with Crippen LogP contribution in [0.4, 0.5) is 0 Å². The average molecular weight is 308 g/mol. The number of amides is 2. The van der Waals surface area contributed by atoms with Crippen molar-refractivity contribution in [2.24, 2.45) is 18.9 Å². The van der Waals surface area contributed by atoms with Gasteiger partial charge in [-0.3, -0.25) is 19.2 Å². The van der Waals surface area contributed by atoms with Crippen molar-refractivity contribution in [1.82, 2.24) is 24.6 Å². The summed E-state index contributed by atoms with van der Waals surface area (Å²) in [5.74, 6) is -0.685. The van der Waals surface area contributed by atoms with Gasteiger partial charge in [-0.1, -0.05) is 25.4 Å². The van der Waals surface area contributed by atoms with Crippen LogP contribution in [0, 0.1) is 11.8 Å². The second-order valence-electron chi connectivity index (χ2n) is 5.28. The van der Waals surface area contributed by atoms with Crippen molar-refractivity contribution in [1.29, 1.82) is 0 Å². The molecule has 1 fully saturated rings. The van der Waals surface area contributed by atoms with Gasteiger partial charge in [-0.05, 0) is 0 Å². The van der Waals surface area contributed by atoms with Crippen LogP contribution < -0.4 is 0 Å². The van der Waals surface area contributed by atoms with Gasteiger partial charge in [0.15, 0.2) is 11.5 Å². The molecule has 0 saturated carbocycles. The van der Waals surface area contributed by atoms with Gasteiger partial charge in [-0.2, -0.15) is 5.10 Å². The van der Waals surface area contributed by atoms with Crippen LogP contribution in [0.1, 0.15) is 19.7 Å². The molecule has 2 aromatic heterocycles. The Morgan fingerprint density at radius 3 is 2.43 bits per heavy atom. The molecular formula is C13H14ClN5O2. The minimum atomic E-state index is -0.312. The van der Waals surface area contributed by atoms with E-state index in [-0.39, 0.29) is 35.3 Å². The van der Waals surface area contributed by atoms with Gasteiger partial charge in [-0.15, -0.1) is 0 Å². The number of carbonyl (C=O) groups excluding carboxylic acids is 2. The van der Waals surface area contributed by atoms with Crippen LogP contribution in [0.25, 0.3) is 11.0 Å². The van der Waals surface area contributed by atoms with E-state index in [1.165, 1.54) is 4.90 Å². The highest BCUT2D eigenvalue weighted by Crippen LogP contribution is 2.27. The van der Waals surface area contributed by atoms with Crippen LogP contribution in [0.15, 0.2) is 6.20 Å². The van der Waals surface area contributed by atoms with Crippen molar-refractivity contribution in [3.8, 4) is 0 Å². The lowest BCUT2D eigenvalue weighted by atomic mass is 10.00. The molecule has 0 spiro atoms. The third kappa shape index (κ3) is 2.08. The minimum Gasteiger partial charge on any atom is -0.274 e. The van der Waals surface area contributed by atoms with Gasteiger partial charge in [-0.25, -0.2) is 9.97 Å². The Kier molecular flexibility index (Phi) is 3.16. The molecule has 0 bridgehead atoms. The molecule has 2 unspecified atom stereocenters. The number of likely N-dealkylation sites (tertiary alicyclic amines) is 1. The molecule has 110 valence electrons. The fourth-order valence-corrected chi connectivity index (χ4v) is 2.66. The Bertz CT molecular complexity index is 736. The van der Waals surface area contributed by atoms with Crippen molar-refractivity contribution in [2.75, 3.05) is 0 Å². The molecule has 1 aliphatic heterocycles. The normalized spacial score (nSPS) is 22.6. The van der Waals surface area contributed by atoms with E-state index in [0.29, 0.717) is 16.9 Å². The quantitative estimate of drug-likeness (QED) is 0.614. The van der Waals surface area contributed by atoms with Crippen LogP contribution in [-0.2, 0) is 23.2 Å². The molecule has 2 atom stereocenters. The molecule has 21 heavy (non-hydrogen) atoms. The number of aromatic nitrogens is 4. The van der Waals surface area contributed by atoms with Crippen LogP contribution in [-0.4, -0.2) is 36.5 Å². The highest BCUT2D eigenvalue weighted by atomic mass is 35.5. The first-order valence-corrected chi connectivity index (χ1v) is 6.97. The summed E-state index contributed by atoms with van der Waals surface area (Å²) in [6.07, 6.45) is 1.58. The van der Waals surface area contributed by atoms with E-state index < -0.39 is 0 Å². The lowest BCUT2D eigenvalue weighted by Gasteiger charge is -2.13. The molecule has 0 radical (unpaired) electrons. The fraction of sp³-hybridized carbons (Fsp3) is 0.462. The van der Waals surface area contributed by atoms with Crippen LogP contribution >= 0.6 is 11.6 Å². The lowest BCUT2D eigenvalue weighted by Crippen LogP contribution is -2.31. The van der Waals surface area contributed by atoms with E-state index >= 15 is 0 Å². The van der Waals surface area contributed by atoms with Gasteiger partial charge in [0.25, 0.3) is 0 Å². The third-order valence-corrected chi connectivity index (χ3v) is 4.24. The average Bonchev–Trinajstić information content (AvgIpc) is 2.90. The van der Waals surface area contributed by atoms with E-state index in [1.54, 1.807) is 31.8 Å². The summed E-state index contributed by atoms with van der Waals surface area (Å²) in [7, 11) is 1.74. The SMILES string of the molecule is CC1C(=O)N(Cc2nc(Cl)c3cnn(C)c3n2)C(=O)C1C. The smallest absolute Gasteiger partial charge is 0.233 e. The third-order valence-electron chi connectivity index (χ3n) is 3.95. The van der Waals surface area contributed by atoms with Crippen molar-refractivity contribution in [3.63, 3.8) is 0 Å². The van der Waals surface area contributed by atoms with E-state index in [9.17, 15) is 9.59 Å². The predicted molar refractivity (Wildman–Crippen MR) is 75.2 cm³/mol. The van der Waals surface area contributed by atoms with E-state index in [2.05, 4.69) is 15.1 Å². The summed E-state index contributed by atoms with van der Waals surface area (Å²) in [4.78, 5) is 33.9. The van der Waals surface area contributed by atoms with Gasteiger partial charge in [0.1, 0.15) is 5.15 Å². The first kappa shape index (κ1) is 13.9. The number of nitrogens with zero attached hydrogens (tertiary/aromatic N) is 5. The zero-order valence-corrected chi connectivity index (χ0v) is 12.6. The Balaban J connectivity index is 1.97. The largest absolute Gasteiger partial charge is 0.274 e. The van der Waals surface area contributed by atoms with Crippen molar-refractivity contribution < 1.29 is 9.59 Å². The van der Waals surface area contributed by atoms with Gasteiger partial charge in [0, 0.05) is 18.9 Å². The number of hydrogen-bond donors (Lipinski definition) is 0.